The van der Waals surface area contributed by atoms with Crippen molar-refractivity contribution >= 4 is 17.7 Å². The summed E-state index contributed by atoms with van der Waals surface area (Å²) in [6.07, 6.45) is 3.54. The fraction of sp³-hybridized carbons (Fsp3) is 0.312. The summed E-state index contributed by atoms with van der Waals surface area (Å²) < 4.78 is 6.36. The molecule has 23 heavy (non-hydrogen) atoms. The number of aryl methyl sites for hydroxylation is 2. The van der Waals surface area contributed by atoms with E-state index < -0.39 is 5.97 Å². The number of nitrogens with zero attached hydrogens (tertiary/aromatic N) is 2. The number of methoxy groups -OCH3 is 1. The summed E-state index contributed by atoms with van der Waals surface area (Å²) >= 11 is 0. The number of esters is 1. The molecule has 0 fully saturated rings. The highest BCUT2D eigenvalue weighted by atomic mass is 16.5. The Balaban J connectivity index is 2.06. The molecule has 1 heterocycles. The maximum atomic E-state index is 12.1. The van der Waals surface area contributed by atoms with E-state index in [4.69, 9.17) is 0 Å². The smallest absolute Gasteiger partial charge is 0.337 e. The molecule has 122 valence electrons. The fourth-order valence-corrected chi connectivity index (χ4v) is 2.10. The van der Waals surface area contributed by atoms with Crippen molar-refractivity contribution in [2.75, 3.05) is 12.4 Å². The van der Waals surface area contributed by atoms with Gasteiger partial charge in [-0.05, 0) is 31.5 Å². The number of nitrogens with one attached hydrogen (secondary N) is 2. The van der Waals surface area contributed by atoms with E-state index in [2.05, 4.69) is 20.5 Å². The number of carbonyl (C=O) groups is 2. The van der Waals surface area contributed by atoms with Gasteiger partial charge in [0.1, 0.15) is 0 Å². The molecule has 0 aliphatic heterocycles. The Kier molecular flexibility index (Phi) is 5.00. The molecule has 2 aromatic rings. The normalized spacial score (nSPS) is 11.7. The van der Waals surface area contributed by atoms with Gasteiger partial charge < -0.3 is 15.4 Å². The zero-order valence-corrected chi connectivity index (χ0v) is 13.6. The first-order valence-corrected chi connectivity index (χ1v) is 7.15. The quantitative estimate of drug-likeness (QED) is 0.848. The number of rotatable bonds is 4. The van der Waals surface area contributed by atoms with E-state index in [9.17, 15) is 9.59 Å². The number of hydrogen-bond acceptors (Lipinski definition) is 4. The molecule has 0 saturated carbocycles. The second-order valence-electron chi connectivity index (χ2n) is 5.29. The molecule has 1 atom stereocenters. The second-order valence-corrected chi connectivity index (χ2v) is 5.29. The lowest BCUT2D eigenvalue weighted by molar-refractivity contribution is 0.0600. The first-order valence-electron chi connectivity index (χ1n) is 7.15. The molecule has 2 rings (SSSR count). The number of anilines is 1. The van der Waals surface area contributed by atoms with Gasteiger partial charge in [0, 0.05) is 24.5 Å². The molecule has 2 amide bonds. The molecular formula is C16H20N4O3. The predicted octanol–water partition coefficient (Wildman–Crippen LogP) is 2.40. The minimum absolute atomic E-state index is 0.187. The van der Waals surface area contributed by atoms with Crippen LogP contribution < -0.4 is 10.6 Å². The molecule has 0 unspecified atom stereocenters. The zero-order valence-electron chi connectivity index (χ0n) is 13.6. The van der Waals surface area contributed by atoms with Gasteiger partial charge in [0.05, 0.1) is 24.9 Å². The molecular weight excluding hydrogens is 296 g/mol. The topological polar surface area (TPSA) is 85.2 Å². The lowest BCUT2D eigenvalue weighted by atomic mass is 10.1. The molecule has 0 saturated heterocycles. The number of aromatic nitrogens is 2. The van der Waals surface area contributed by atoms with Gasteiger partial charge in [0.15, 0.2) is 0 Å². The molecule has 0 aliphatic rings. The van der Waals surface area contributed by atoms with Gasteiger partial charge in [0.2, 0.25) is 0 Å². The third-order valence-corrected chi connectivity index (χ3v) is 3.48. The number of hydrogen-bond donors (Lipinski definition) is 2. The maximum Gasteiger partial charge on any atom is 0.337 e. The summed E-state index contributed by atoms with van der Waals surface area (Å²) in [6.45, 7) is 3.72. The number of ether oxygens (including phenoxy) is 1. The van der Waals surface area contributed by atoms with Gasteiger partial charge >= 0.3 is 12.0 Å². The summed E-state index contributed by atoms with van der Waals surface area (Å²) in [6, 6.07) is 4.46. The largest absolute Gasteiger partial charge is 0.465 e. The van der Waals surface area contributed by atoms with Crippen LogP contribution in [0, 0.1) is 6.92 Å². The van der Waals surface area contributed by atoms with Gasteiger partial charge in [-0.25, -0.2) is 9.59 Å². The zero-order chi connectivity index (χ0) is 17.0. The van der Waals surface area contributed by atoms with Crippen molar-refractivity contribution in [2.24, 2.45) is 7.05 Å². The molecule has 7 heteroatoms. The summed E-state index contributed by atoms with van der Waals surface area (Å²) in [5, 5.41) is 9.66. The van der Waals surface area contributed by atoms with Crippen LogP contribution in [0.1, 0.15) is 34.5 Å². The van der Waals surface area contributed by atoms with Crippen molar-refractivity contribution in [1.29, 1.82) is 0 Å². The average molecular weight is 316 g/mol. The Bertz CT molecular complexity index is 724. The number of carbonyl (C=O) groups excluding carboxylic acids is 2. The van der Waals surface area contributed by atoms with E-state index in [-0.39, 0.29) is 12.1 Å². The van der Waals surface area contributed by atoms with Gasteiger partial charge in [-0.2, -0.15) is 5.10 Å². The number of benzene rings is 1. The molecule has 2 N–H and O–H groups in total. The van der Waals surface area contributed by atoms with Crippen LogP contribution in [-0.4, -0.2) is 28.9 Å². The highest BCUT2D eigenvalue weighted by Gasteiger charge is 2.13. The van der Waals surface area contributed by atoms with Crippen LogP contribution in [-0.2, 0) is 11.8 Å². The van der Waals surface area contributed by atoms with E-state index in [1.165, 1.54) is 7.11 Å². The van der Waals surface area contributed by atoms with E-state index in [1.807, 2.05) is 27.1 Å². The van der Waals surface area contributed by atoms with Crippen molar-refractivity contribution in [1.82, 2.24) is 15.1 Å². The minimum atomic E-state index is -0.447. The highest BCUT2D eigenvalue weighted by molar-refractivity contribution is 5.94. The molecule has 0 radical (unpaired) electrons. The van der Waals surface area contributed by atoms with Crippen LogP contribution in [0.2, 0.25) is 0 Å². The van der Waals surface area contributed by atoms with Gasteiger partial charge in [-0.3, -0.25) is 4.68 Å². The summed E-state index contributed by atoms with van der Waals surface area (Å²) in [4.78, 5) is 23.7. The van der Waals surface area contributed by atoms with Crippen LogP contribution in [0.3, 0.4) is 0 Å². The minimum Gasteiger partial charge on any atom is -0.465 e. The lowest BCUT2D eigenvalue weighted by Crippen LogP contribution is -2.31. The molecule has 7 nitrogen and oxygen atoms in total. The van der Waals surface area contributed by atoms with Crippen LogP contribution in [0.25, 0.3) is 0 Å². The highest BCUT2D eigenvalue weighted by Crippen LogP contribution is 2.18. The van der Waals surface area contributed by atoms with Crippen molar-refractivity contribution in [3.8, 4) is 0 Å². The first kappa shape index (κ1) is 16.5. The maximum absolute atomic E-state index is 12.1. The predicted molar refractivity (Wildman–Crippen MR) is 86.3 cm³/mol. The first-order chi connectivity index (χ1) is 10.9. The SMILES string of the molecule is COC(=O)c1ccc(C)c(NC(=O)N[C@@H](C)c2cnn(C)c2)c1. The van der Waals surface area contributed by atoms with Crippen molar-refractivity contribution in [2.45, 2.75) is 19.9 Å². The third kappa shape index (κ3) is 4.09. The van der Waals surface area contributed by atoms with Crippen molar-refractivity contribution in [3.63, 3.8) is 0 Å². The third-order valence-electron chi connectivity index (χ3n) is 3.48. The molecule has 0 spiro atoms. The van der Waals surface area contributed by atoms with Crippen molar-refractivity contribution < 1.29 is 14.3 Å². The summed E-state index contributed by atoms with van der Waals surface area (Å²) in [5.74, 6) is -0.447. The van der Waals surface area contributed by atoms with Crippen LogP contribution in [0.4, 0.5) is 10.5 Å². The number of urea groups is 1. The summed E-state index contributed by atoms with van der Waals surface area (Å²) in [7, 11) is 3.13. The molecule has 1 aromatic heterocycles. The standard InChI is InChI=1S/C16H20N4O3/c1-10-5-6-12(15(21)23-4)7-14(10)19-16(22)18-11(2)13-8-17-20(3)9-13/h5-9,11H,1-4H3,(H2,18,19,22)/t11-/m0/s1. The van der Waals surface area contributed by atoms with E-state index in [1.54, 1.807) is 29.1 Å². The van der Waals surface area contributed by atoms with E-state index in [0.29, 0.717) is 11.3 Å². The van der Waals surface area contributed by atoms with Gasteiger partial charge in [-0.15, -0.1) is 0 Å². The Morgan fingerprint density at radius 3 is 2.70 bits per heavy atom. The van der Waals surface area contributed by atoms with Gasteiger partial charge in [0.25, 0.3) is 0 Å². The average Bonchev–Trinajstić information content (AvgIpc) is 2.95. The van der Waals surface area contributed by atoms with Crippen LogP contribution in [0.15, 0.2) is 30.6 Å². The van der Waals surface area contributed by atoms with Gasteiger partial charge in [-0.1, -0.05) is 6.07 Å². The Hall–Kier alpha value is -2.83. The van der Waals surface area contributed by atoms with E-state index in [0.717, 1.165) is 11.1 Å². The van der Waals surface area contributed by atoms with Crippen LogP contribution in [0.5, 0.6) is 0 Å². The fourth-order valence-electron chi connectivity index (χ4n) is 2.10. The molecule has 0 bridgehead atoms. The second kappa shape index (κ2) is 6.95. The summed E-state index contributed by atoms with van der Waals surface area (Å²) in [5.41, 5.74) is 2.70. The Labute approximate surface area is 134 Å². The monoisotopic (exact) mass is 316 g/mol. The number of amides is 2. The lowest BCUT2D eigenvalue weighted by Gasteiger charge is -2.15. The van der Waals surface area contributed by atoms with E-state index >= 15 is 0 Å². The van der Waals surface area contributed by atoms with Crippen molar-refractivity contribution in [3.05, 3.63) is 47.3 Å². The Morgan fingerprint density at radius 1 is 1.35 bits per heavy atom. The van der Waals surface area contributed by atoms with Crippen LogP contribution >= 0.6 is 0 Å². The molecule has 0 aliphatic carbocycles. The Morgan fingerprint density at radius 2 is 2.09 bits per heavy atom. The molecule has 1 aromatic carbocycles.